The second-order valence-corrected chi connectivity index (χ2v) is 3.75. The Balaban J connectivity index is 2.60. The number of fused-ring (bicyclic) bond motifs is 1. The molecule has 0 aliphatic rings. The van der Waals surface area contributed by atoms with Crippen molar-refractivity contribution in [2.24, 2.45) is 7.05 Å². The molecule has 4 heteroatoms. The average molecular weight is 231 g/mol. The fraction of sp³-hybridized carbons (Fsp3) is 0.231. The largest absolute Gasteiger partial charge is 0.462 e. The normalized spacial score (nSPS) is 10.5. The number of nitrogens with zero attached hydrogens (tertiary/aromatic N) is 1. The number of esters is 1. The first-order chi connectivity index (χ1) is 8.13. The monoisotopic (exact) mass is 231 g/mol. The highest BCUT2D eigenvalue weighted by atomic mass is 16.5. The maximum Gasteiger partial charge on any atom is 0.338 e. The highest BCUT2D eigenvalue weighted by Crippen LogP contribution is 2.12. The summed E-state index contributed by atoms with van der Waals surface area (Å²) < 4.78 is 6.38. The average Bonchev–Trinajstić information content (AvgIpc) is 2.34. The Morgan fingerprint density at radius 3 is 2.82 bits per heavy atom. The van der Waals surface area contributed by atoms with Crippen LogP contribution in [0.4, 0.5) is 0 Å². The zero-order valence-corrected chi connectivity index (χ0v) is 9.77. The Kier molecular flexibility index (Phi) is 2.95. The third-order valence-electron chi connectivity index (χ3n) is 2.59. The first-order valence-electron chi connectivity index (χ1n) is 5.40. The summed E-state index contributed by atoms with van der Waals surface area (Å²) in [5, 5.41) is 1.35. The number of pyridine rings is 1. The lowest BCUT2D eigenvalue weighted by atomic mass is 10.1. The minimum atomic E-state index is -0.402. The van der Waals surface area contributed by atoms with Crippen LogP contribution in [0.25, 0.3) is 10.8 Å². The molecule has 1 aromatic carbocycles. The fourth-order valence-electron chi connectivity index (χ4n) is 1.68. The van der Waals surface area contributed by atoms with E-state index in [1.165, 1.54) is 4.57 Å². The predicted octanol–water partition coefficient (Wildman–Crippen LogP) is 1.72. The van der Waals surface area contributed by atoms with Crippen LogP contribution in [-0.2, 0) is 11.8 Å². The van der Waals surface area contributed by atoms with Crippen LogP contribution < -0.4 is 5.56 Å². The van der Waals surface area contributed by atoms with Crippen molar-refractivity contribution in [3.63, 3.8) is 0 Å². The zero-order valence-electron chi connectivity index (χ0n) is 9.77. The van der Waals surface area contributed by atoms with Crippen LogP contribution in [0.5, 0.6) is 0 Å². The van der Waals surface area contributed by atoms with Gasteiger partial charge in [0, 0.05) is 18.6 Å². The van der Waals surface area contributed by atoms with Crippen LogP contribution in [0.2, 0.25) is 0 Å². The highest BCUT2D eigenvalue weighted by Gasteiger charge is 2.08. The molecule has 1 aromatic heterocycles. The van der Waals surface area contributed by atoms with E-state index in [9.17, 15) is 9.59 Å². The van der Waals surface area contributed by atoms with Gasteiger partial charge < -0.3 is 9.30 Å². The second kappa shape index (κ2) is 4.41. The molecule has 0 saturated heterocycles. The second-order valence-electron chi connectivity index (χ2n) is 3.75. The molecule has 0 amide bonds. The third kappa shape index (κ3) is 2.06. The number of carbonyl (C=O) groups excluding carboxylic acids is 1. The van der Waals surface area contributed by atoms with Gasteiger partial charge in [-0.05, 0) is 30.5 Å². The summed E-state index contributed by atoms with van der Waals surface area (Å²) in [6.45, 7) is 2.07. The molecule has 2 aromatic rings. The Hall–Kier alpha value is -2.10. The van der Waals surface area contributed by atoms with E-state index in [2.05, 4.69) is 0 Å². The molecule has 2 rings (SSSR count). The number of rotatable bonds is 2. The lowest BCUT2D eigenvalue weighted by Gasteiger charge is -2.04. The number of hydrogen-bond acceptors (Lipinski definition) is 3. The van der Waals surface area contributed by atoms with Crippen LogP contribution in [0, 0.1) is 0 Å². The van der Waals surface area contributed by atoms with E-state index >= 15 is 0 Å². The van der Waals surface area contributed by atoms with Crippen LogP contribution >= 0.6 is 0 Å². The summed E-state index contributed by atoms with van der Waals surface area (Å²) in [5.41, 5.74) is 0.288. The number of aryl methyl sites for hydroxylation is 1. The molecule has 17 heavy (non-hydrogen) atoms. The first-order valence-corrected chi connectivity index (χ1v) is 5.40. The minimum Gasteiger partial charge on any atom is -0.462 e. The maximum absolute atomic E-state index is 11.9. The van der Waals surface area contributed by atoms with Crippen LogP contribution in [0.3, 0.4) is 0 Å². The van der Waals surface area contributed by atoms with Crippen molar-refractivity contribution in [3.05, 3.63) is 46.4 Å². The van der Waals surface area contributed by atoms with Gasteiger partial charge in [0.2, 0.25) is 0 Å². The van der Waals surface area contributed by atoms with E-state index in [0.717, 1.165) is 5.39 Å². The van der Waals surface area contributed by atoms with Crippen molar-refractivity contribution in [3.8, 4) is 0 Å². The maximum atomic E-state index is 11.9. The standard InChI is InChI=1S/C13H13NO3/c1-3-17-13(16)10-5-4-9-6-7-14(2)12(15)11(9)8-10/h4-8H,3H2,1-2H3. The summed E-state index contributed by atoms with van der Waals surface area (Å²) in [6.07, 6.45) is 1.70. The van der Waals surface area contributed by atoms with Gasteiger partial charge in [-0.25, -0.2) is 4.79 Å². The summed E-state index contributed by atoms with van der Waals surface area (Å²) >= 11 is 0. The lowest BCUT2D eigenvalue weighted by molar-refractivity contribution is 0.0526. The molecular weight excluding hydrogens is 218 g/mol. The SMILES string of the molecule is CCOC(=O)c1ccc2ccn(C)c(=O)c2c1. The molecule has 88 valence electrons. The third-order valence-corrected chi connectivity index (χ3v) is 2.59. The summed E-state index contributed by atoms with van der Waals surface area (Å²) in [6, 6.07) is 6.84. The molecule has 0 aliphatic heterocycles. The van der Waals surface area contributed by atoms with E-state index in [1.54, 1.807) is 38.4 Å². The van der Waals surface area contributed by atoms with E-state index in [0.29, 0.717) is 17.6 Å². The smallest absolute Gasteiger partial charge is 0.338 e. The molecule has 0 bridgehead atoms. The lowest BCUT2D eigenvalue weighted by Crippen LogP contribution is -2.16. The minimum absolute atomic E-state index is 0.117. The molecule has 0 spiro atoms. The molecular formula is C13H13NO3. The molecule has 0 saturated carbocycles. The van der Waals surface area contributed by atoms with Crippen LogP contribution in [-0.4, -0.2) is 17.1 Å². The van der Waals surface area contributed by atoms with E-state index < -0.39 is 5.97 Å². The van der Waals surface area contributed by atoms with Gasteiger partial charge in [-0.3, -0.25) is 4.79 Å². The highest BCUT2D eigenvalue weighted by molar-refractivity contribution is 5.95. The quantitative estimate of drug-likeness (QED) is 0.739. The van der Waals surface area contributed by atoms with Gasteiger partial charge in [0.05, 0.1) is 12.2 Å². The Morgan fingerprint density at radius 2 is 2.12 bits per heavy atom. The van der Waals surface area contributed by atoms with Crippen LogP contribution in [0.1, 0.15) is 17.3 Å². The van der Waals surface area contributed by atoms with Gasteiger partial charge in [0.25, 0.3) is 5.56 Å². The summed E-state index contributed by atoms with van der Waals surface area (Å²) in [5.74, 6) is -0.402. The predicted molar refractivity (Wildman–Crippen MR) is 65.1 cm³/mol. The molecule has 0 fully saturated rings. The number of aromatic nitrogens is 1. The molecule has 4 nitrogen and oxygen atoms in total. The van der Waals surface area contributed by atoms with Gasteiger partial charge >= 0.3 is 5.97 Å². The summed E-state index contributed by atoms with van der Waals surface area (Å²) in [4.78, 5) is 23.4. The Bertz CT molecular complexity index is 628. The van der Waals surface area contributed by atoms with E-state index in [-0.39, 0.29) is 5.56 Å². The molecule has 0 atom stereocenters. The van der Waals surface area contributed by atoms with Crippen molar-refractivity contribution in [1.82, 2.24) is 4.57 Å². The molecule has 0 N–H and O–H groups in total. The van der Waals surface area contributed by atoms with Gasteiger partial charge in [-0.2, -0.15) is 0 Å². The van der Waals surface area contributed by atoms with Crippen molar-refractivity contribution >= 4 is 16.7 Å². The molecule has 0 unspecified atom stereocenters. The first kappa shape index (κ1) is 11.4. The number of benzene rings is 1. The Labute approximate surface area is 98.4 Å². The zero-order chi connectivity index (χ0) is 12.4. The van der Waals surface area contributed by atoms with E-state index in [1.807, 2.05) is 6.07 Å². The molecule has 1 heterocycles. The van der Waals surface area contributed by atoms with Crippen LogP contribution in [0.15, 0.2) is 35.3 Å². The van der Waals surface area contributed by atoms with Gasteiger partial charge in [-0.1, -0.05) is 6.07 Å². The summed E-state index contributed by atoms with van der Waals surface area (Å²) in [7, 11) is 1.68. The van der Waals surface area contributed by atoms with E-state index in [4.69, 9.17) is 4.74 Å². The Morgan fingerprint density at radius 1 is 1.35 bits per heavy atom. The number of hydrogen-bond donors (Lipinski definition) is 0. The van der Waals surface area contributed by atoms with Gasteiger partial charge in [-0.15, -0.1) is 0 Å². The molecule has 0 aliphatic carbocycles. The van der Waals surface area contributed by atoms with Crippen molar-refractivity contribution in [2.75, 3.05) is 6.61 Å². The van der Waals surface area contributed by atoms with Crippen molar-refractivity contribution in [2.45, 2.75) is 6.92 Å². The van der Waals surface area contributed by atoms with Gasteiger partial charge in [0.1, 0.15) is 0 Å². The number of carbonyl (C=O) groups is 1. The van der Waals surface area contributed by atoms with Crippen molar-refractivity contribution in [1.29, 1.82) is 0 Å². The van der Waals surface area contributed by atoms with Crippen molar-refractivity contribution < 1.29 is 9.53 Å². The van der Waals surface area contributed by atoms with Gasteiger partial charge in [0.15, 0.2) is 0 Å². The fourth-order valence-corrected chi connectivity index (χ4v) is 1.68. The topological polar surface area (TPSA) is 48.3 Å². The number of ether oxygens (including phenoxy) is 1. The molecule has 0 radical (unpaired) electrons.